The number of hydrogen-bond donors (Lipinski definition) is 2. The van der Waals surface area contributed by atoms with Crippen molar-refractivity contribution in [3.05, 3.63) is 30.0 Å². The predicted octanol–water partition coefficient (Wildman–Crippen LogP) is 0.841. The van der Waals surface area contributed by atoms with E-state index in [0.29, 0.717) is 31.3 Å². The van der Waals surface area contributed by atoms with Crippen molar-refractivity contribution in [2.75, 3.05) is 32.1 Å². The maximum atomic E-state index is 11.2. The van der Waals surface area contributed by atoms with Crippen LogP contribution in [0.4, 0.5) is 5.82 Å². The summed E-state index contributed by atoms with van der Waals surface area (Å²) < 4.78 is 5.32. The number of nitrogens with one attached hydrogen (secondary N) is 2. The lowest BCUT2D eigenvalue weighted by molar-refractivity contribution is 0.0957. The lowest BCUT2D eigenvalue weighted by atomic mass is 10.3. The van der Waals surface area contributed by atoms with Crippen molar-refractivity contribution in [2.24, 2.45) is 0 Å². The number of hydrogen-bond acceptors (Lipinski definition) is 5. The molecule has 6 nitrogen and oxygen atoms in total. The molecule has 0 radical (unpaired) electrons. The SMILES string of the molecule is C=C(C)COCCNc1ccc(C(=O)NC)nn1. The fourth-order valence-electron chi connectivity index (χ4n) is 1.17. The lowest BCUT2D eigenvalue weighted by Crippen LogP contribution is -2.20. The first-order valence-electron chi connectivity index (χ1n) is 5.65. The zero-order chi connectivity index (χ0) is 13.4. The van der Waals surface area contributed by atoms with E-state index >= 15 is 0 Å². The molecular weight excluding hydrogens is 232 g/mol. The molecule has 1 amide bonds. The third kappa shape index (κ3) is 4.92. The standard InChI is InChI=1S/C12H18N4O2/c1-9(2)8-18-7-6-14-11-5-4-10(15-16-11)12(17)13-3/h4-5H,1,6-8H2,2-3H3,(H,13,17)(H,14,16). The highest BCUT2D eigenvalue weighted by molar-refractivity contribution is 5.91. The lowest BCUT2D eigenvalue weighted by Gasteiger charge is -2.06. The van der Waals surface area contributed by atoms with Gasteiger partial charge in [-0.15, -0.1) is 10.2 Å². The molecule has 0 fully saturated rings. The van der Waals surface area contributed by atoms with E-state index in [1.54, 1.807) is 19.2 Å². The van der Waals surface area contributed by atoms with Gasteiger partial charge in [-0.3, -0.25) is 4.79 Å². The summed E-state index contributed by atoms with van der Waals surface area (Å²) in [6.45, 7) is 7.40. The molecule has 1 aromatic rings. The fraction of sp³-hybridized carbons (Fsp3) is 0.417. The van der Waals surface area contributed by atoms with Crippen LogP contribution in [-0.2, 0) is 4.74 Å². The Morgan fingerprint density at radius 1 is 1.44 bits per heavy atom. The number of anilines is 1. The van der Waals surface area contributed by atoms with Gasteiger partial charge in [-0.1, -0.05) is 12.2 Å². The first kappa shape index (κ1) is 14.1. The Hall–Kier alpha value is -1.95. The molecule has 1 heterocycles. The molecule has 0 aliphatic heterocycles. The van der Waals surface area contributed by atoms with Gasteiger partial charge in [0.1, 0.15) is 5.82 Å². The van der Waals surface area contributed by atoms with E-state index in [-0.39, 0.29) is 5.91 Å². The van der Waals surface area contributed by atoms with Gasteiger partial charge in [0.25, 0.3) is 5.91 Å². The van der Waals surface area contributed by atoms with E-state index in [2.05, 4.69) is 27.4 Å². The van der Waals surface area contributed by atoms with E-state index in [4.69, 9.17) is 4.74 Å². The summed E-state index contributed by atoms with van der Waals surface area (Å²) in [5, 5.41) is 13.2. The zero-order valence-electron chi connectivity index (χ0n) is 10.7. The first-order valence-corrected chi connectivity index (χ1v) is 5.65. The highest BCUT2D eigenvalue weighted by Crippen LogP contribution is 2.01. The van der Waals surface area contributed by atoms with E-state index in [9.17, 15) is 4.79 Å². The van der Waals surface area contributed by atoms with Crippen LogP contribution < -0.4 is 10.6 Å². The van der Waals surface area contributed by atoms with Crippen molar-refractivity contribution in [1.82, 2.24) is 15.5 Å². The summed E-state index contributed by atoms with van der Waals surface area (Å²) in [6, 6.07) is 3.32. The van der Waals surface area contributed by atoms with Gasteiger partial charge in [0.15, 0.2) is 5.69 Å². The van der Waals surface area contributed by atoms with Gasteiger partial charge in [0, 0.05) is 13.6 Å². The maximum absolute atomic E-state index is 11.2. The molecule has 0 saturated heterocycles. The molecule has 98 valence electrons. The molecule has 0 atom stereocenters. The van der Waals surface area contributed by atoms with Crippen molar-refractivity contribution in [2.45, 2.75) is 6.92 Å². The number of carbonyl (C=O) groups is 1. The second kappa shape index (κ2) is 7.39. The summed E-state index contributed by atoms with van der Waals surface area (Å²) in [4.78, 5) is 11.2. The Morgan fingerprint density at radius 3 is 2.78 bits per heavy atom. The second-order valence-electron chi connectivity index (χ2n) is 3.82. The third-order valence-electron chi connectivity index (χ3n) is 2.03. The number of rotatable bonds is 7. The second-order valence-corrected chi connectivity index (χ2v) is 3.82. The fourth-order valence-corrected chi connectivity index (χ4v) is 1.17. The zero-order valence-corrected chi connectivity index (χ0v) is 10.7. The Morgan fingerprint density at radius 2 is 2.22 bits per heavy atom. The Labute approximate surface area is 106 Å². The smallest absolute Gasteiger partial charge is 0.271 e. The monoisotopic (exact) mass is 250 g/mol. The van der Waals surface area contributed by atoms with Crippen molar-refractivity contribution in [3.8, 4) is 0 Å². The minimum absolute atomic E-state index is 0.251. The highest BCUT2D eigenvalue weighted by Gasteiger charge is 2.04. The summed E-state index contributed by atoms with van der Waals surface area (Å²) in [7, 11) is 1.55. The van der Waals surface area contributed by atoms with Crippen LogP contribution in [0.5, 0.6) is 0 Å². The average molecular weight is 250 g/mol. The Balaban J connectivity index is 2.31. The van der Waals surface area contributed by atoms with Crippen LogP contribution in [0.15, 0.2) is 24.3 Å². The van der Waals surface area contributed by atoms with Gasteiger partial charge in [0.2, 0.25) is 0 Å². The maximum Gasteiger partial charge on any atom is 0.271 e. The number of amides is 1. The molecule has 0 unspecified atom stereocenters. The van der Waals surface area contributed by atoms with Gasteiger partial charge in [-0.25, -0.2) is 0 Å². The quantitative estimate of drug-likeness (QED) is 0.554. The largest absolute Gasteiger partial charge is 0.375 e. The van der Waals surface area contributed by atoms with E-state index in [1.807, 2.05) is 6.92 Å². The minimum Gasteiger partial charge on any atom is -0.375 e. The molecule has 2 N–H and O–H groups in total. The molecule has 0 saturated carbocycles. The van der Waals surface area contributed by atoms with Crippen LogP contribution in [0.3, 0.4) is 0 Å². The number of aromatic nitrogens is 2. The van der Waals surface area contributed by atoms with E-state index < -0.39 is 0 Å². The minimum atomic E-state index is -0.251. The summed E-state index contributed by atoms with van der Waals surface area (Å²) in [6.07, 6.45) is 0. The third-order valence-corrected chi connectivity index (χ3v) is 2.03. The van der Waals surface area contributed by atoms with Crippen molar-refractivity contribution in [3.63, 3.8) is 0 Å². The molecule has 18 heavy (non-hydrogen) atoms. The number of carbonyl (C=O) groups excluding carboxylic acids is 1. The van der Waals surface area contributed by atoms with Crippen LogP contribution in [0.25, 0.3) is 0 Å². The molecule has 0 spiro atoms. The topological polar surface area (TPSA) is 76.1 Å². The molecule has 1 rings (SSSR count). The Kier molecular flexibility index (Phi) is 5.79. The van der Waals surface area contributed by atoms with Gasteiger partial charge < -0.3 is 15.4 Å². The van der Waals surface area contributed by atoms with E-state index in [0.717, 1.165) is 5.57 Å². The van der Waals surface area contributed by atoms with Crippen LogP contribution in [-0.4, -0.2) is 42.9 Å². The molecule has 0 aliphatic carbocycles. The molecular formula is C12H18N4O2. The molecule has 0 aromatic carbocycles. The molecule has 0 aliphatic rings. The van der Waals surface area contributed by atoms with Crippen molar-refractivity contribution in [1.29, 1.82) is 0 Å². The normalized spacial score (nSPS) is 9.89. The molecule has 0 bridgehead atoms. The Bertz CT molecular complexity index is 403. The predicted molar refractivity (Wildman–Crippen MR) is 69.5 cm³/mol. The molecule has 1 aromatic heterocycles. The number of ether oxygens (including phenoxy) is 1. The van der Waals surface area contributed by atoms with Crippen molar-refractivity contribution >= 4 is 11.7 Å². The first-order chi connectivity index (χ1) is 8.63. The average Bonchev–Trinajstić information content (AvgIpc) is 2.38. The molecule has 6 heteroatoms. The van der Waals surface area contributed by atoms with Crippen LogP contribution in [0.1, 0.15) is 17.4 Å². The number of nitrogens with zero attached hydrogens (tertiary/aromatic N) is 2. The highest BCUT2D eigenvalue weighted by atomic mass is 16.5. The van der Waals surface area contributed by atoms with Crippen LogP contribution in [0.2, 0.25) is 0 Å². The van der Waals surface area contributed by atoms with Crippen molar-refractivity contribution < 1.29 is 9.53 Å². The summed E-state index contributed by atoms with van der Waals surface area (Å²) in [5.74, 6) is 0.361. The van der Waals surface area contributed by atoms with E-state index in [1.165, 1.54) is 0 Å². The van der Waals surface area contributed by atoms with Crippen LogP contribution in [0, 0.1) is 0 Å². The summed E-state index contributed by atoms with van der Waals surface area (Å²) >= 11 is 0. The van der Waals surface area contributed by atoms with Crippen LogP contribution >= 0.6 is 0 Å². The van der Waals surface area contributed by atoms with Gasteiger partial charge in [-0.05, 0) is 19.1 Å². The van der Waals surface area contributed by atoms with Gasteiger partial charge in [-0.2, -0.15) is 0 Å². The van der Waals surface area contributed by atoms with Gasteiger partial charge in [0.05, 0.1) is 13.2 Å². The van der Waals surface area contributed by atoms with Gasteiger partial charge >= 0.3 is 0 Å². The summed E-state index contributed by atoms with van der Waals surface area (Å²) in [5.41, 5.74) is 1.28.